The molecule has 4 heteroatoms. The Morgan fingerprint density at radius 2 is 2.04 bits per heavy atom. The monoisotopic (exact) mass is 316 g/mol. The zero-order valence-electron chi connectivity index (χ0n) is 15.2. The van der Waals surface area contributed by atoms with Crippen LogP contribution in [0, 0.1) is 5.41 Å². The van der Waals surface area contributed by atoms with E-state index in [4.69, 9.17) is 7.10 Å². The molecular weight excluding hydrogens is 286 g/mol. The van der Waals surface area contributed by atoms with E-state index in [1.165, 1.54) is 0 Å². The number of hydrogen-bond donors (Lipinski definition) is 1. The lowest BCUT2D eigenvalue weighted by molar-refractivity contribution is 0.0773. The summed E-state index contributed by atoms with van der Waals surface area (Å²) in [7, 11) is 0. The van der Waals surface area contributed by atoms with E-state index < -0.39 is 0 Å². The van der Waals surface area contributed by atoms with Crippen LogP contribution in [0.15, 0.2) is 30.3 Å². The molecule has 2 saturated heterocycles. The largest absolute Gasteiger partial charge is 0.328 e. The summed E-state index contributed by atoms with van der Waals surface area (Å²) in [5.74, 6) is 0. The number of carbonyl (C=O) groups excluding carboxylic acids is 1. The molecule has 0 aliphatic carbocycles. The van der Waals surface area contributed by atoms with Crippen LogP contribution in [0.5, 0.6) is 0 Å². The van der Waals surface area contributed by atoms with E-state index in [2.05, 4.69) is 26.0 Å². The fourth-order valence-corrected chi connectivity index (χ4v) is 3.80. The third kappa shape index (κ3) is 3.69. The predicted molar refractivity (Wildman–Crippen MR) is 93.1 cm³/mol. The van der Waals surface area contributed by atoms with Gasteiger partial charge in [0, 0.05) is 27.0 Å². The minimum atomic E-state index is -0.150. The molecule has 3 atom stereocenters. The highest BCUT2D eigenvalue weighted by atomic mass is 16.2. The van der Waals surface area contributed by atoms with Gasteiger partial charge in [0.2, 0.25) is 0 Å². The van der Waals surface area contributed by atoms with Crippen molar-refractivity contribution in [1.29, 1.82) is 0 Å². The summed E-state index contributed by atoms with van der Waals surface area (Å²) in [6, 6.07) is 10.5. The van der Waals surface area contributed by atoms with Crippen molar-refractivity contribution < 1.29 is 6.17 Å². The van der Waals surface area contributed by atoms with E-state index in [0.29, 0.717) is 19.6 Å². The molecule has 126 valence electrons. The third-order valence-corrected chi connectivity index (χ3v) is 5.04. The average molecular weight is 316 g/mol. The van der Waals surface area contributed by atoms with Gasteiger partial charge in [0.15, 0.2) is 0 Å². The first-order valence-corrected chi connectivity index (χ1v) is 8.67. The smallest absolute Gasteiger partial charge is 0.320 e. The Morgan fingerprint density at radius 3 is 2.74 bits per heavy atom. The molecule has 2 aliphatic rings. The van der Waals surface area contributed by atoms with Gasteiger partial charge in [-0.15, -0.1) is 0 Å². The number of piperidine rings is 2. The summed E-state index contributed by atoms with van der Waals surface area (Å²) >= 11 is 0. The zero-order chi connectivity index (χ0) is 17.3. The van der Waals surface area contributed by atoms with Gasteiger partial charge < -0.3 is 15.5 Å². The number of rotatable bonds is 1. The maximum atomic E-state index is 13.2. The van der Waals surface area contributed by atoms with Crippen molar-refractivity contribution in [3.05, 3.63) is 35.9 Å². The van der Waals surface area contributed by atoms with E-state index in [1.807, 2.05) is 28.0 Å². The summed E-state index contributed by atoms with van der Waals surface area (Å²) < 4.78 is 8.18. The highest BCUT2D eigenvalue weighted by molar-refractivity contribution is 5.75. The SMILES string of the molecule is [2H]C1CCN(C(=O)N2CC[C@@H](N)C[C@H]2c2ccccc2)CC1(C)C. The predicted octanol–water partition coefficient (Wildman–Crippen LogP) is 3.39. The van der Waals surface area contributed by atoms with Crippen molar-refractivity contribution in [2.45, 2.75) is 51.6 Å². The highest BCUT2D eigenvalue weighted by Crippen LogP contribution is 2.34. The molecule has 2 heterocycles. The first-order valence-electron chi connectivity index (χ1n) is 9.24. The lowest BCUT2D eigenvalue weighted by atomic mass is 9.84. The molecule has 0 aromatic heterocycles. The second-order valence-corrected chi connectivity index (χ2v) is 7.59. The van der Waals surface area contributed by atoms with E-state index >= 15 is 0 Å². The Morgan fingerprint density at radius 1 is 1.30 bits per heavy atom. The summed E-state index contributed by atoms with van der Waals surface area (Å²) in [6.07, 6.45) is 2.32. The molecule has 1 aromatic carbocycles. The number of likely N-dealkylation sites (tertiary alicyclic amines) is 2. The van der Waals surface area contributed by atoms with Crippen LogP contribution in [0.4, 0.5) is 4.79 Å². The molecule has 2 amide bonds. The number of benzene rings is 1. The van der Waals surface area contributed by atoms with Gasteiger partial charge >= 0.3 is 6.03 Å². The number of hydrogen-bond acceptors (Lipinski definition) is 2. The summed E-state index contributed by atoms with van der Waals surface area (Å²) in [6.45, 7) is 6.22. The Hall–Kier alpha value is -1.55. The van der Waals surface area contributed by atoms with Crippen molar-refractivity contribution >= 4 is 6.03 Å². The molecule has 23 heavy (non-hydrogen) atoms. The Balaban J connectivity index is 1.79. The summed E-state index contributed by atoms with van der Waals surface area (Å²) in [4.78, 5) is 17.1. The molecule has 2 fully saturated rings. The lowest BCUT2D eigenvalue weighted by Gasteiger charge is -2.45. The Labute approximate surface area is 141 Å². The van der Waals surface area contributed by atoms with Crippen LogP contribution in [-0.4, -0.2) is 41.5 Å². The minimum absolute atomic E-state index is 0.0549. The molecule has 1 unspecified atom stereocenters. The second kappa shape index (κ2) is 6.52. The van der Waals surface area contributed by atoms with Crippen LogP contribution in [-0.2, 0) is 0 Å². The van der Waals surface area contributed by atoms with Gasteiger partial charge in [0.1, 0.15) is 0 Å². The molecular formula is C19H29N3O. The first kappa shape index (κ1) is 15.0. The van der Waals surface area contributed by atoms with E-state index in [1.54, 1.807) is 0 Å². The maximum Gasteiger partial charge on any atom is 0.320 e. The van der Waals surface area contributed by atoms with Crippen molar-refractivity contribution in [3.8, 4) is 0 Å². The van der Waals surface area contributed by atoms with Crippen LogP contribution in [0.25, 0.3) is 0 Å². The molecule has 0 spiro atoms. The molecule has 0 radical (unpaired) electrons. The number of urea groups is 1. The van der Waals surface area contributed by atoms with E-state index in [0.717, 1.165) is 24.8 Å². The van der Waals surface area contributed by atoms with E-state index in [9.17, 15) is 4.79 Å². The van der Waals surface area contributed by atoms with Gasteiger partial charge in [0.05, 0.1) is 6.04 Å². The number of carbonyl (C=O) groups is 1. The third-order valence-electron chi connectivity index (χ3n) is 5.04. The molecule has 2 aliphatic heterocycles. The second-order valence-electron chi connectivity index (χ2n) is 7.59. The molecule has 3 rings (SSSR count). The topological polar surface area (TPSA) is 49.6 Å². The van der Waals surface area contributed by atoms with Gasteiger partial charge in [-0.1, -0.05) is 44.2 Å². The number of nitrogens with two attached hydrogens (primary N) is 1. The van der Waals surface area contributed by atoms with Gasteiger partial charge in [-0.05, 0) is 36.6 Å². The average Bonchev–Trinajstić information content (AvgIpc) is 2.57. The number of amides is 2. The quantitative estimate of drug-likeness (QED) is 0.863. The normalized spacial score (nSPS) is 31.6. The maximum absolute atomic E-state index is 13.2. The molecule has 1 aromatic rings. The van der Waals surface area contributed by atoms with Crippen LogP contribution < -0.4 is 5.73 Å². The van der Waals surface area contributed by atoms with Crippen LogP contribution in [0.1, 0.15) is 52.5 Å². The molecule has 0 saturated carbocycles. The van der Waals surface area contributed by atoms with E-state index in [-0.39, 0.29) is 29.9 Å². The van der Waals surface area contributed by atoms with Gasteiger partial charge in [-0.25, -0.2) is 4.79 Å². The van der Waals surface area contributed by atoms with Crippen molar-refractivity contribution in [2.24, 2.45) is 11.1 Å². The summed E-state index contributed by atoms with van der Waals surface area (Å²) in [5, 5.41) is 0. The van der Waals surface area contributed by atoms with Gasteiger partial charge in [-0.2, -0.15) is 0 Å². The molecule has 0 bridgehead atoms. The highest BCUT2D eigenvalue weighted by Gasteiger charge is 2.36. The fourth-order valence-electron chi connectivity index (χ4n) is 3.80. The fraction of sp³-hybridized carbons (Fsp3) is 0.632. The van der Waals surface area contributed by atoms with Gasteiger partial charge in [0.25, 0.3) is 0 Å². The Kier molecular flexibility index (Phi) is 4.25. The van der Waals surface area contributed by atoms with Crippen molar-refractivity contribution in [3.63, 3.8) is 0 Å². The zero-order valence-corrected chi connectivity index (χ0v) is 14.2. The van der Waals surface area contributed by atoms with Crippen molar-refractivity contribution in [2.75, 3.05) is 19.6 Å². The standard InChI is InChI=1S/C19H29N3O/c1-19(2)10-6-11-21(14-19)18(23)22-12-9-16(20)13-17(22)15-7-4-3-5-8-15/h3-5,7-8,16-17H,6,9-14,20H2,1-2H3/t16-,17+/m1/s1/i10D/t10?,16-,17+. The van der Waals surface area contributed by atoms with Crippen molar-refractivity contribution in [1.82, 2.24) is 9.80 Å². The van der Waals surface area contributed by atoms with Crippen LogP contribution in [0.2, 0.25) is 0 Å². The first-order chi connectivity index (χ1) is 11.4. The van der Waals surface area contributed by atoms with Crippen LogP contribution >= 0.6 is 0 Å². The minimum Gasteiger partial charge on any atom is -0.328 e. The molecule has 4 nitrogen and oxygen atoms in total. The number of nitrogens with zero attached hydrogens (tertiary/aromatic N) is 2. The Bertz CT molecular complexity index is 577. The summed E-state index contributed by atoms with van der Waals surface area (Å²) in [5.41, 5.74) is 7.20. The lowest BCUT2D eigenvalue weighted by Crippen LogP contribution is -2.53. The van der Waals surface area contributed by atoms with Crippen LogP contribution in [0.3, 0.4) is 0 Å². The van der Waals surface area contributed by atoms with Gasteiger partial charge in [-0.3, -0.25) is 0 Å². The molecule has 2 N–H and O–H groups in total.